The Morgan fingerprint density at radius 1 is 1.19 bits per heavy atom. The predicted molar refractivity (Wildman–Crippen MR) is 99.5 cm³/mol. The van der Waals surface area contributed by atoms with Gasteiger partial charge in [0, 0.05) is 18.4 Å². The lowest BCUT2D eigenvalue weighted by molar-refractivity contribution is -0.123. The van der Waals surface area contributed by atoms with Crippen molar-refractivity contribution in [3.8, 4) is 0 Å². The molecule has 3 rings (SSSR count). The molecule has 26 heavy (non-hydrogen) atoms. The number of amides is 2. The second kappa shape index (κ2) is 7.77. The minimum atomic E-state index is -0.328. The van der Waals surface area contributed by atoms with Crippen molar-refractivity contribution in [2.45, 2.75) is 58.0 Å². The fourth-order valence-electron chi connectivity index (χ4n) is 3.49. The number of hydrogen-bond acceptors (Lipinski definition) is 3. The maximum absolute atomic E-state index is 12.2. The number of carbonyl (C=O) groups excluding carboxylic acids is 2. The number of nitrogens with one attached hydrogen (secondary N) is 2. The molecule has 2 N–H and O–H groups in total. The highest BCUT2D eigenvalue weighted by molar-refractivity contribution is 5.80. The van der Waals surface area contributed by atoms with Crippen molar-refractivity contribution in [1.29, 1.82) is 0 Å². The maximum Gasteiger partial charge on any atom is 0.220 e. The monoisotopic (exact) mass is 354 g/mol. The molecule has 0 aliphatic carbocycles. The van der Waals surface area contributed by atoms with E-state index in [1.807, 2.05) is 19.1 Å². The average Bonchev–Trinajstić information content (AvgIpc) is 3.19. The van der Waals surface area contributed by atoms with Gasteiger partial charge in [-0.3, -0.25) is 9.59 Å². The van der Waals surface area contributed by atoms with Gasteiger partial charge in [-0.25, -0.2) is 0 Å². The van der Waals surface area contributed by atoms with Gasteiger partial charge in [-0.2, -0.15) is 0 Å². The normalized spacial score (nSPS) is 19.4. The number of benzene rings is 1. The van der Waals surface area contributed by atoms with Crippen molar-refractivity contribution in [2.75, 3.05) is 0 Å². The van der Waals surface area contributed by atoms with Gasteiger partial charge in [0.2, 0.25) is 11.8 Å². The van der Waals surface area contributed by atoms with Crippen LogP contribution in [0.3, 0.4) is 0 Å². The van der Waals surface area contributed by atoms with E-state index in [4.69, 9.17) is 4.42 Å². The lowest BCUT2D eigenvalue weighted by atomic mass is 9.84. The summed E-state index contributed by atoms with van der Waals surface area (Å²) in [7, 11) is 0. The molecule has 2 aromatic rings. The van der Waals surface area contributed by atoms with Crippen LogP contribution >= 0.6 is 0 Å². The predicted octanol–water partition coefficient (Wildman–Crippen LogP) is 3.18. The van der Waals surface area contributed by atoms with Crippen molar-refractivity contribution in [1.82, 2.24) is 10.6 Å². The van der Waals surface area contributed by atoms with Crippen molar-refractivity contribution in [3.63, 3.8) is 0 Å². The van der Waals surface area contributed by atoms with Crippen LogP contribution in [0.25, 0.3) is 0 Å². The summed E-state index contributed by atoms with van der Waals surface area (Å²) < 4.78 is 5.46. The first kappa shape index (κ1) is 18.2. The molecule has 2 amide bonds. The Balaban J connectivity index is 1.56. The molecule has 1 fully saturated rings. The van der Waals surface area contributed by atoms with Crippen LogP contribution in [0.5, 0.6) is 0 Å². The summed E-state index contributed by atoms with van der Waals surface area (Å²) in [6.07, 6.45) is 3.06. The molecular weight excluding hydrogens is 328 g/mol. The van der Waals surface area contributed by atoms with Gasteiger partial charge in [0.25, 0.3) is 0 Å². The minimum absolute atomic E-state index is 0.0246. The SMILES string of the molecule is Cc1ccc(CC2(CCC(=O)NCc3ccc(C)o3)CCC(=O)N2)cc1. The Bertz CT molecular complexity index is 779. The quantitative estimate of drug-likeness (QED) is 0.802. The lowest BCUT2D eigenvalue weighted by Crippen LogP contribution is -2.44. The van der Waals surface area contributed by atoms with Crippen LogP contribution in [0, 0.1) is 13.8 Å². The maximum atomic E-state index is 12.2. The average molecular weight is 354 g/mol. The van der Waals surface area contributed by atoms with Crippen LogP contribution in [0.2, 0.25) is 0 Å². The third kappa shape index (κ3) is 4.75. The van der Waals surface area contributed by atoms with E-state index in [-0.39, 0.29) is 17.4 Å². The van der Waals surface area contributed by atoms with Crippen LogP contribution in [-0.2, 0) is 22.6 Å². The molecular formula is C21H26N2O3. The molecule has 1 aliphatic heterocycles. The highest BCUT2D eigenvalue weighted by atomic mass is 16.3. The fourth-order valence-corrected chi connectivity index (χ4v) is 3.49. The standard InChI is InChI=1S/C21H26N2O3/c1-15-3-6-17(7-4-15)13-21(12-10-20(25)23-21)11-9-19(24)22-14-18-8-5-16(2)26-18/h3-8H,9-14H2,1-2H3,(H,22,24)(H,23,25). The first-order valence-corrected chi connectivity index (χ1v) is 9.13. The molecule has 1 aromatic heterocycles. The van der Waals surface area contributed by atoms with E-state index in [2.05, 4.69) is 41.8 Å². The molecule has 0 radical (unpaired) electrons. The summed E-state index contributed by atoms with van der Waals surface area (Å²) in [5, 5.41) is 6.02. The number of aryl methyl sites for hydroxylation is 2. The summed E-state index contributed by atoms with van der Waals surface area (Å²) in [5.74, 6) is 1.63. The second-order valence-electron chi connectivity index (χ2n) is 7.28. The van der Waals surface area contributed by atoms with Crippen molar-refractivity contribution >= 4 is 11.8 Å². The molecule has 138 valence electrons. The largest absolute Gasteiger partial charge is 0.465 e. The van der Waals surface area contributed by atoms with Crippen LogP contribution in [-0.4, -0.2) is 17.4 Å². The zero-order valence-corrected chi connectivity index (χ0v) is 15.4. The van der Waals surface area contributed by atoms with E-state index >= 15 is 0 Å². The van der Waals surface area contributed by atoms with E-state index in [0.717, 1.165) is 24.4 Å². The zero-order chi connectivity index (χ0) is 18.6. The molecule has 1 aliphatic rings. The summed E-state index contributed by atoms with van der Waals surface area (Å²) in [5.41, 5.74) is 2.07. The van der Waals surface area contributed by atoms with Crippen molar-refractivity contribution in [2.24, 2.45) is 0 Å². The summed E-state index contributed by atoms with van der Waals surface area (Å²) in [6, 6.07) is 12.1. The summed E-state index contributed by atoms with van der Waals surface area (Å²) >= 11 is 0. The first-order chi connectivity index (χ1) is 12.4. The number of hydrogen-bond donors (Lipinski definition) is 2. The van der Waals surface area contributed by atoms with Gasteiger partial charge in [0.1, 0.15) is 11.5 Å². The Morgan fingerprint density at radius 3 is 2.58 bits per heavy atom. The van der Waals surface area contributed by atoms with Crippen LogP contribution < -0.4 is 10.6 Å². The van der Waals surface area contributed by atoms with E-state index in [1.54, 1.807) is 0 Å². The zero-order valence-electron chi connectivity index (χ0n) is 15.4. The smallest absolute Gasteiger partial charge is 0.220 e. The second-order valence-corrected chi connectivity index (χ2v) is 7.28. The fraction of sp³-hybridized carbons (Fsp3) is 0.429. The van der Waals surface area contributed by atoms with Crippen molar-refractivity contribution in [3.05, 3.63) is 59.0 Å². The van der Waals surface area contributed by atoms with Crippen LogP contribution in [0.15, 0.2) is 40.8 Å². The van der Waals surface area contributed by atoms with Gasteiger partial charge in [0.15, 0.2) is 0 Å². The molecule has 0 bridgehead atoms. The van der Waals surface area contributed by atoms with E-state index < -0.39 is 0 Å². The molecule has 0 saturated carbocycles. The number of rotatable bonds is 7. The van der Waals surface area contributed by atoms with Crippen molar-refractivity contribution < 1.29 is 14.0 Å². The molecule has 5 heteroatoms. The molecule has 0 spiro atoms. The van der Waals surface area contributed by atoms with E-state index in [0.29, 0.717) is 25.8 Å². The third-order valence-corrected chi connectivity index (χ3v) is 4.98. The summed E-state index contributed by atoms with van der Waals surface area (Å²) in [4.78, 5) is 24.1. The van der Waals surface area contributed by atoms with Gasteiger partial charge in [-0.15, -0.1) is 0 Å². The summed E-state index contributed by atoms with van der Waals surface area (Å²) in [6.45, 7) is 4.33. The molecule has 1 atom stereocenters. The highest BCUT2D eigenvalue weighted by Crippen LogP contribution is 2.29. The molecule has 1 aromatic carbocycles. The van der Waals surface area contributed by atoms with Crippen LogP contribution in [0.4, 0.5) is 0 Å². The molecule has 1 unspecified atom stereocenters. The first-order valence-electron chi connectivity index (χ1n) is 9.13. The Morgan fingerprint density at radius 2 is 1.96 bits per heavy atom. The van der Waals surface area contributed by atoms with E-state index in [1.165, 1.54) is 11.1 Å². The lowest BCUT2D eigenvalue weighted by Gasteiger charge is -2.29. The Hall–Kier alpha value is -2.56. The van der Waals surface area contributed by atoms with Gasteiger partial charge >= 0.3 is 0 Å². The number of furan rings is 1. The topological polar surface area (TPSA) is 71.3 Å². The Labute approximate surface area is 154 Å². The molecule has 1 saturated heterocycles. The van der Waals surface area contributed by atoms with Gasteiger partial charge in [-0.05, 0) is 50.8 Å². The molecule has 5 nitrogen and oxygen atoms in total. The molecule has 2 heterocycles. The number of carbonyl (C=O) groups is 2. The minimum Gasteiger partial charge on any atom is -0.465 e. The third-order valence-electron chi connectivity index (χ3n) is 4.98. The van der Waals surface area contributed by atoms with Gasteiger partial charge in [-0.1, -0.05) is 29.8 Å². The van der Waals surface area contributed by atoms with Gasteiger partial charge in [0.05, 0.1) is 6.54 Å². The van der Waals surface area contributed by atoms with Crippen LogP contribution in [0.1, 0.15) is 48.3 Å². The van der Waals surface area contributed by atoms with Gasteiger partial charge < -0.3 is 15.1 Å². The van der Waals surface area contributed by atoms with E-state index in [9.17, 15) is 9.59 Å². The highest BCUT2D eigenvalue weighted by Gasteiger charge is 2.37. The Kier molecular flexibility index (Phi) is 5.45.